The maximum atomic E-state index is 12.8. The van der Waals surface area contributed by atoms with E-state index in [1.165, 1.54) is 11.3 Å². The fourth-order valence-corrected chi connectivity index (χ4v) is 5.37. The average molecular weight is 415 g/mol. The number of hydrogen-bond donors (Lipinski definition) is 1. The number of benzene rings is 1. The second-order valence-electron chi connectivity index (χ2n) is 6.97. The SMILES string of the molecule is Cc1nc(NC(=O)CCC(=O)N2CCC[C@H]2c2nc3ccccc3s2)sc1C. The highest BCUT2D eigenvalue weighted by Gasteiger charge is 2.32. The molecule has 1 fully saturated rings. The van der Waals surface area contributed by atoms with Crippen LogP contribution in [0.5, 0.6) is 0 Å². The number of aromatic nitrogens is 2. The predicted molar refractivity (Wildman–Crippen MR) is 113 cm³/mol. The first-order chi connectivity index (χ1) is 13.5. The Hall–Kier alpha value is -2.32. The second-order valence-corrected chi connectivity index (χ2v) is 9.24. The lowest BCUT2D eigenvalue weighted by Gasteiger charge is -2.23. The number of carbonyl (C=O) groups excluding carboxylic acids is 2. The molecule has 4 rings (SSSR count). The molecular formula is C20H22N4O2S2. The molecule has 0 saturated carbocycles. The third-order valence-corrected chi connectivity index (χ3v) is 7.14. The van der Waals surface area contributed by atoms with E-state index in [9.17, 15) is 9.59 Å². The largest absolute Gasteiger partial charge is 0.333 e. The van der Waals surface area contributed by atoms with Crippen molar-refractivity contribution in [2.24, 2.45) is 0 Å². The molecule has 1 N–H and O–H groups in total. The molecule has 0 spiro atoms. The molecule has 0 bridgehead atoms. The first-order valence-electron chi connectivity index (χ1n) is 9.40. The van der Waals surface area contributed by atoms with E-state index >= 15 is 0 Å². The third kappa shape index (κ3) is 3.93. The van der Waals surface area contributed by atoms with Crippen LogP contribution in [0.4, 0.5) is 5.13 Å². The number of para-hydroxylation sites is 1. The minimum atomic E-state index is -0.169. The summed E-state index contributed by atoms with van der Waals surface area (Å²) in [5.74, 6) is -0.152. The zero-order valence-electron chi connectivity index (χ0n) is 15.9. The summed E-state index contributed by atoms with van der Waals surface area (Å²) in [5.41, 5.74) is 1.90. The van der Waals surface area contributed by atoms with E-state index in [0.717, 1.165) is 45.2 Å². The van der Waals surface area contributed by atoms with Crippen molar-refractivity contribution >= 4 is 49.8 Å². The number of anilines is 1. The van der Waals surface area contributed by atoms with Crippen LogP contribution in [0.2, 0.25) is 0 Å². The van der Waals surface area contributed by atoms with Crippen LogP contribution in [0.15, 0.2) is 24.3 Å². The van der Waals surface area contributed by atoms with Crippen molar-refractivity contribution < 1.29 is 9.59 Å². The Bertz CT molecular complexity index is 974. The number of thiazole rings is 2. The highest BCUT2D eigenvalue weighted by Crippen LogP contribution is 2.36. The van der Waals surface area contributed by atoms with E-state index in [1.807, 2.05) is 36.9 Å². The van der Waals surface area contributed by atoms with Gasteiger partial charge in [0.25, 0.3) is 0 Å². The van der Waals surface area contributed by atoms with Crippen molar-refractivity contribution in [1.82, 2.24) is 14.9 Å². The molecule has 0 aliphatic carbocycles. The van der Waals surface area contributed by atoms with Crippen LogP contribution >= 0.6 is 22.7 Å². The molecule has 8 heteroatoms. The number of rotatable bonds is 5. The van der Waals surface area contributed by atoms with Gasteiger partial charge in [-0.2, -0.15) is 0 Å². The number of likely N-dealkylation sites (tertiary alicyclic amines) is 1. The lowest BCUT2D eigenvalue weighted by atomic mass is 10.2. The molecule has 1 aliphatic rings. The molecule has 2 amide bonds. The van der Waals surface area contributed by atoms with Gasteiger partial charge in [-0.05, 0) is 38.8 Å². The fourth-order valence-electron chi connectivity index (χ4n) is 3.43. The van der Waals surface area contributed by atoms with Crippen LogP contribution in [0, 0.1) is 13.8 Å². The first-order valence-corrected chi connectivity index (χ1v) is 11.0. The molecule has 3 aromatic rings. The lowest BCUT2D eigenvalue weighted by molar-refractivity contribution is -0.133. The normalized spacial score (nSPS) is 16.6. The zero-order valence-corrected chi connectivity index (χ0v) is 17.5. The van der Waals surface area contributed by atoms with Gasteiger partial charge in [0.1, 0.15) is 5.01 Å². The maximum absolute atomic E-state index is 12.8. The number of aryl methyl sites for hydroxylation is 2. The van der Waals surface area contributed by atoms with Crippen molar-refractivity contribution in [3.8, 4) is 0 Å². The topological polar surface area (TPSA) is 75.2 Å². The summed E-state index contributed by atoms with van der Waals surface area (Å²) in [6, 6.07) is 8.07. The van der Waals surface area contributed by atoms with Gasteiger partial charge in [0.05, 0.1) is 22.0 Å². The van der Waals surface area contributed by atoms with Gasteiger partial charge in [0.2, 0.25) is 11.8 Å². The van der Waals surface area contributed by atoms with Crippen molar-refractivity contribution in [2.75, 3.05) is 11.9 Å². The summed E-state index contributed by atoms with van der Waals surface area (Å²) in [7, 11) is 0. The Kier molecular flexibility index (Phi) is 5.41. The molecule has 146 valence electrons. The van der Waals surface area contributed by atoms with E-state index in [0.29, 0.717) is 5.13 Å². The first kappa shape index (κ1) is 19.0. The van der Waals surface area contributed by atoms with Crippen molar-refractivity contribution in [3.63, 3.8) is 0 Å². The Labute approximate surface area is 171 Å². The highest BCUT2D eigenvalue weighted by molar-refractivity contribution is 7.18. The van der Waals surface area contributed by atoms with Gasteiger partial charge in [-0.1, -0.05) is 12.1 Å². The van der Waals surface area contributed by atoms with Crippen LogP contribution in [0.1, 0.15) is 47.3 Å². The minimum Gasteiger partial charge on any atom is -0.333 e. The summed E-state index contributed by atoms with van der Waals surface area (Å²) in [5, 5.41) is 4.39. The number of amides is 2. The monoisotopic (exact) mass is 414 g/mol. The number of nitrogens with one attached hydrogen (secondary N) is 1. The third-order valence-electron chi connectivity index (χ3n) is 5.01. The van der Waals surface area contributed by atoms with Crippen molar-refractivity contribution in [2.45, 2.75) is 45.6 Å². The predicted octanol–water partition coefficient (Wildman–Crippen LogP) is 4.45. The summed E-state index contributed by atoms with van der Waals surface area (Å²) in [4.78, 5) is 37.0. The molecule has 0 unspecified atom stereocenters. The molecule has 1 aromatic carbocycles. The van der Waals surface area contributed by atoms with E-state index in [4.69, 9.17) is 4.98 Å². The number of fused-ring (bicyclic) bond motifs is 1. The zero-order chi connectivity index (χ0) is 19.7. The van der Waals surface area contributed by atoms with Gasteiger partial charge in [-0.15, -0.1) is 22.7 Å². The Balaban J connectivity index is 1.37. The van der Waals surface area contributed by atoms with Gasteiger partial charge < -0.3 is 10.2 Å². The van der Waals surface area contributed by atoms with Gasteiger partial charge in [-0.25, -0.2) is 9.97 Å². The number of nitrogens with zero attached hydrogens (tertiary/aromatic N) is 3. The Morgan fingerprint density at radius 2 is 2.00 bits per heavy atom. The molecule has 1 atom stereocenters. The van der Waals surface area contributed by atoms with Crippen molar-refractivity contribution in [1.29, 1.82) is 0 Å². The van der Waals surface area contributed by atoms with E-state index < -0.39 is 0 Å². The molecule has 0 radical (unpaired) electrons. The molecule has 28 heavy (non-hydrogen) atoms. The molecule has 2 aromatic heterocycles. The van der Waals surface area contributed by atoms with Crippen LogP contribution in [0.25, 0.3) is 10.2 Å². The smallest absolute Gasteiger partial charge is 0.226 e. The summed E-state index contributed by atoms with van der Waals surface area (Å²) in [6.07, 6.45) is 2.27. The quantitative estimate of drug-likeness (QED) is 0.669. The van der Waals surface area contributed by atoms with Gasteiger partial charge in [-0.3, -0.25) is 9.59 Å². The van der Waals surface area contributed by atoms with Crippen LogP contribution < -0.4 is 5.32 Å². The Morgan fingerprint density at radius 3 is 2.75 bits per heavy atom. The molecular weight excluding hydrogens is 392 g/mol. The Morgan fingerprint density at radius 1 is 1.18 bits per heavy atom. The summed E-state index contributed by atoms with van der Waals surface area (Å²) in [6.45, 7) is 4.62. The molecule has 1 saturated heterocycles. The second kappa shape index (κ2) is 7.97. The fraction of sp³-hybridized carbons (Fsp3) is 0.400. The highest BCUT2D eigenvalue weighted by atomic mass is 32.1. The van der Waals surface area contributed by atoms with Gasteiger partial charge >= 0.3 is 0 Å². The average Bonchev–Trinajstić information content (AvgIpc) is 3.38. The number of hydrogen-bond acceptors (Lipinski definition) is 6. The van der Waals surface area contributed by atoms with E-state index in [2.05, 4.69) is 16.4 Å². The van der Waals surface area contributed by atoms with Gasteiger partial charge in [0.15, 0.2) is 5.13 Å². The number of carbonyl (C=O) groups is 2. The van der Waals surface area contributed by atoms with Crippen molar-refractivity contribution in [3.05, 3.63) is 39.8 Å². The maximum Gasteiger partial charge on any atom is 0.226 e. The van der Waals surface area contributed by atoms with Crippen LogP contribution in [0.3, 0.4) is 0 Å². The minimum absolute atomic E-state index is 0.0170. The summed E-state index contributed by atoms with van der Waals surface area (Å²) < 4.78 is 1.14. The van der Waals surface area contributed by atoms with Gasteiger partial charge in [0, 0.05) is 24.3 Å². The molecule has 6 nitrogen and oxygen atoms in total. The lowest BCUT2D eigenvalue weighted by Crippen LogP contribution is -2.31. The van der Waals surface area contributed by atoms with E-state index in [-0.39, 0.29) is 30.7 Å². The standard InChI is InChI=1S/C20H22N4O2S2/c1-12-13(2)27-20(21-12)23-17(25)9-10-18(26)24-11-5-7-15(24)19-22-14-6-3-4-8-16(14)28-19/h3-4,6,8,15H,5,7,9-11H2,1-2H3,(H,21,23,25)/t15-/m0/s1. The van der Waals surface area contributed by atoms with Crippen LogP contribution in [-0.4, -0.2) is 33.2 Å². The van der Waals surface area contributed by atoms with E-state index in [1.54, 1.807) is 11.3 Å². The molecule has 1 aliphatic heterocycles. The summed E-state index contributed by atoms with van der Waals surface area (Å²) >= 11 is 3.11. The van der Waals surface area contributed by atoms with Crippen LogP contribution in [-0.2, 0) is 9.59 Å². The molecule has 3 heterocycles.